The van der Waals surface area contributed by atoms with Crippen LogP contribution in [0.5, 0.6) is 0 Å². The van der Waals surface area contributed by atoms with Gasteiger partial charge in [-0.15, -0.1) is 0 Å². The summed E-state index contributed by atoms with van der Waals surface area (Å²) >= 11 is 1.69. The smallest absolute Gasteiger partial charge is 0.188 e. The van der Waals surface area contributed by atoms with Gasteiger partial charge in [0, 0.05) is 29.4 Å². The van der Waals surface area contributed by atoms with E-state index in [9.17, 15) is 0 Å². The summed E-state index contributed by atoms with van der Waals surface area (Å²) in [6.45, 7) is 7.02. The van der Waals surface area contributed by atoms with Gasteiger partial charge in [-0.25, -0.2) is 9.97 Å². The lowest BCUT2D eigenvalue weighted by Crippen LogP contribution is -2.05. The van der Waals surface area contributed by atoms with Gasteiger partial charge in [0.25, 0.3) is 0 Å². The highest BCUT2D eigenvalue weighted by atomic mass is 32.2. The zero-order valence-electron chi connectivity index (χ0n) is 11.6. The van der Waals surface area contributed by atoms with E-state index in [-0.39, 0.29) is 0 Å². The van der Waals surface area contributed by atoms with E-state index in [1.165, 1.54) is 11.3 Å². The maximum absolute atomic E-state index is 4.42. The molecule has 0 aliphatic heterocycles. The van der Waals surface area contributed by atoms with Crippen LogP contribution in [-0.2, 0) is 0 Å². The van der Waals surface area contributed by atoms with Crippen LogP contribution in [0.25, 0.3) is 0 Å². The maximum Gasteiger partial charge on any atom is 0.188 e. The van der Waals surface area contributed by atoms with E-state index < -0.39 is 0 Å². The minimum Gasteiger partial charge on any atom is -0.384 e. The van der Waals surface area contributed by atoms with E-state index in [0.29, 0.717) is 0 Å². The van der Waals surface area contributed by atoms with E-state index in [4.69, 9.17) is 0 Å². The Morgan fingerprint density at radius 1 is 1.05 bits per heavy atom. The van der Waals surface area contributed by atoms with Gasteiger partial charge in [-0.1, -0.05) is 23.9 Å². The summed E-state index contributed by atoms with van der Waals surface area (Å²) in [7, 11) is 0. The lowest BCUT2D eigenvalue weighted by molar-refractivity contribution is 0.902. The van der Waals surface area contributed by atoms with Crippen molar-refractivity contribution in [1.29, 1.82) is 0 Å². The standard InChI is InChI=1S/C15H19N3S/c1-11-5-4-6-14(9-11)16-7-8-19-15-17-12(2)10-13(3)18-15/h4-6,9-10,16H,7-8H2,1-3H3. The number of hydrogen-bond donors (Lipinski definition) is 1. The molecule has 3 nitrogen and oxygen atoms in total. The zero-order chi connectivity index (χ0) is 13.7. The number of nitrogens with zero attached hydrogens (tertiary/aromatic N) is 2. The largest absolute Gasteiger partial charge is 0.384 e. The summed E-state index contributed by atoms with van der Waals surface area (Å²) in [6, 6.07) is 10.4. The molecule has 0 bridgehead atoms. The highest BCUT2D eigenvalue weighted by Gasteiger charge is 2.00. The van der Waals surface area contributed by atoms with Gasteiger partial charge in [0.05, 0.1) is 0 Å². The number of hydrogen-bond acceptors (Lipinski definition) is 4. The van der Waals surface area contributed by atoms with Crippen molar-refractivity contribution in [3.8, 4) is 0 Å². The molecule has 0 unspecified atom stereocenters. The Morgan fingerprint density at radius 2 is 1.79 bits per heavy atom. The van der Waals surface area contributed by atoms with Gasteiger partial charge in [0.2, 0.25) is 0 Å². The number of aryl methyl sites for hydroxylation is 3. The van der Waals surface area contributed by atoms with E-state index in [0.717, 1.165) is 28.8 Å². The van der Waals surface area contributed by atoms with E-state index in [1.54, 1.807) is 11.8 Å². The molecule has 0 atom stereocenters. The van der Waals surface area contributed by atoms with Crippen molar-refractivity contribution in [1.82, 2.24) is 9.97 Å². The average Bonchev–Trinajstić information content (AvgIpc) is 2.34. The fourth-order valence-corrected chi connectivity index (χ4v) is 2.65. The first kappa shape index (κ1) is 13.9. The second-order valence-electron chi connectivity index (χ2n) is 4.58. The van der Waals surface area contributed by atoms with Crippen molar-refractivity contribution >= 4 is 17.4 Å². The second-order valence-corrected chi connectivity index (χ2v) is 5.64. The summed E-state index contributed by atoms with van der Waals surface area (Å²) in [4.78, 5) is 8.83. The molecule has 19 heavy (non-hydrogen) atoms. The lowest BCUT2D eigenvalue weighted by atomic mass is 10.2. The number of thioether (sulfide) groups is 1. The first-order valence-electron chi connectivity index (χ1n) is 6.39. The molecular formula is C15H19N3S. The maximum atomic E-state index is 4.42. The minimum absolute atomic E-state index is 0.864. The molecule has 4 heteroatoms. The number of nitrogens with one attached hydrogen (secondary N) is 1. The Hall–Kier alpha value is -1.55. The number of aromatic nitrogens is 2. The van der Waals surface area contributed by atoms with Gasteiger partial charge in [-0.3, -0.25) is 0 Å². The third-order valence-corrected chi connectivity index (χ3v) is 3.49. The first-order valence-corrected chi connectivity index (χ1v) is 7.38. The third-order valence-electron chi connectivity index (χ3n) is 2.64. The summed E-state index contributed by atoms with van der Waals surface area (Å²) in [6.07, 6.45) is 0. The van der Waals surface area contributed by atoms with Gasteiger partial charge < -0.3 is 5.32 Å². The van der Waals surface area contributed by atoms with Crippen LogP contribution < -0.4 is 5.32 Å². The molecule has 2 aromatic rings. The normalized spacial score (nSPS) is 10.5. The molecule has 0 aliphatic rings. The summed E-state index contributed by atoms with van der Waals surface area (Å²) in [5.74, 6) is 0.955. The van der Waals surface area contributed by atoms with Crippen LogP contribution in [0, 0.1) is 20.8 Å². The van der Waals surface area contributed by atoms with Gasteiger partial charge >= 0.3 is 0 Å². The van der Waals surface area contributed by atoms with Crippen LogP contribution in [0.2, 0.25) is 0 Å². The van der Waals surface area contributed by atoms with Crippen molar-refractivity contribution in [2.24, 2.45) is 0 Å². The molecule has 0 amide bonds. The van der Waals surface area contributed by atoms with Crippen molar-refractivity contribution in [2.75, 3.05) is 17.6 Å². The van der Waals surface area contributed by atoms with Crippen molar-refractivity contribution in [2.45, 2.75) is 25.9 Å². The zero-order valence-corrected chi connectivity index (χ0v) is 12.4. The van der Waals surface area contributed by atoms with Crippen LogP contribution in [0.15, 0.2) is 35.5 Å². The van der Waals surface area contributed by atoms with E-state index in [1.807, 2.05) is 19.9 Å². The predicted molar refractivity (Wildman–Crippen MR) is 81.9 cm³/mol. The van der Waals surface area contributed by atoms with Crippen molar-refractivity contribution in [3.63, 3.8) is 0 Å². The third kappa shape index (κ3) is 4.56. The highest BCUT2D eigenvalue weighted by Crippen LogP contribution is 2.14. The van der Waals surface area contributed by atoms with Gasteiger partial charge in [0.15, 0.2) is 5.16 Å². The molecule has 0 saturated heterocycles. The minimum atomic E-state index is 0.864. The van der Waals surface area contributed by atoms with E-state index >= 15 is 0 Å². The Bertz CT molecular complexity index is 535. The molecule has 0 aliphatic carbocycles. The molecule has 100 valence electrons. The Morgan fingerprint density at radius 3 is 2.47 bits per heavy atom. The summed E-state index contributed by atoms with van der Waals surface area (Å²) in [5, 5.41) is 4.27. The van der Waals surface area contributed by atoms with Crippen molar-refractivity contribution in [3.05, 3.63) is 47.3 Å². The van der Waals surface area contributed by atoms with Gasteiger partial charge in [0.1, 0.15) is 0 Å². The molecule has 1 N–H and O–H groups in total. The van der Waals surface area contributed by atoms with Gasteiger partial charge in [-0.2, -0.15) is 0 Å². The lowest BCUT2D eigenvalue weighted by Gasteiger charge is -2.07. The molecule has 1 aromatic heterocycles. The van der Waals surface area contributed by atoms with Crippen LogP contribution in [0.4, 0.5) is 5.69 Å². The summed E-state index contributed by atoms with van der Waals surface area (Å²) < 4.78 is 0. The van der Waals surface area contributed by atoms with Gasteiger partial charge in [-0.05, 0) is 44.5 Å². The summed E-state index contributed by atoms with van der Waals surface area (Å²) in [5.41, 5.74) is 4.50. The number of benzene rings is 1. The van der Waals surface area contributed by atoms with Crippen LogP contribution in [0.1, 0.15) is 17.0 Å². The molecule has 0 spiro atoms. The highest BCUT2D eigenvalue weighted by molar-refractivity contribution is 7.99. The van der Waals surface area contributed by atoms with Crippen LogP contribution >= 0.6 is 11.8 Å². The Labute approximate surface area is 118 Å². The fraction of sp³-hybridized carbons (Fsp3) is 0.333. The van der Waals surface area contributed by atoms with E-state index in [2.05, 4.69) is 46.5 Å². The number of rotatable bonds is 5. The number of anilines is 1. The average molecular weight is 273 g/mol. The molecule has 0 saturated carbocycles. The monoisotopic (exact) mass is 273 g/mol. The first-order chi connectivity index (χ1) is 9.13. The Balaban J connectivity index is 1.80. The van der Waals surface area contributed by atoms with Crippen LogP contribution in [0.3, 0.4) is 0 Å². The molecule has 0 radical (unpaired) electrons. The van der Waals surface area contributed by atoms with Crippen molar-refractivity contribution < 1.29 is 0 Å². The molecule has 1 heterocycles. The Kier molecular flexibility index (Phi) is 4.80. The molecule has 1 aromatic carbocycles. The molecule has 2 rings (SSSR count). The second kappa shape index (κ2) is 6.57. The molecular weight excluding hydrogens is 254 g/mol. The molecule has 0 fully saturated rings. The fourth-order valence-electron chi connectivity index (χ4n) is 1.85. The van der Waals surface area contributed by atoms with Crippen LogP contribution in [-0.4, -0.2) is 22.3 Å². The topological polar surface area (TPSA) is 37.8 Å². The predicted octanol–water partition coefficient (Wildman–Crippen LogP) is 3.61. The quantitative estimate of drug-likeness (QED) is 0.513. The SMILES string of the molecule is Cc1cccc(NCCSc2nc(C)cc(C)n2)c1.